The number of aryl methyl sites for hydroxylation is 2. The Labute approximate surface area is 94.0 Å². The van der Waals surface area contributed by atoms with Crippen LogP contribution in [-0.2, 0) is 0 Å². The highest BCUT2D eigenvalue weighted by Crippen LogP contribution is 2.32. The number of benzene rings is 1. The number of anilines is 1. The van der Waals surface area contributed by atoms with E-state index in [1.165, 1.54) is 34.1 Å². The van der Waals surface area contributed by atoms with E-state index in [4.69, 9.17) is 0 Å². The van der Waals surface area contributed by atoms with Crippen LogP contribution in [0.2, 0.25) is 0 Å². The molecule has 1 aliphatic carbocycles. The van der Waals surface area contributed by atoms with Gasteiger partial charge in [0, 0.05) is 11.0 Å². The molecule has 0 radical (unpaired) electrons. The van der Waals surface area contributed by atoms with E-state index in [0.29, 0.717) is 0 Å². The van der Waals surface area contributed by atoms with Crippen molar-refractivity contribution in [3.8, 4) is 0 Å². The molecule has 0 amide bonds. The van der Waals surface area contributed by atoms with E-state index < -0.39 is 0 Å². The van der Waals surface area contributed by atoms with Gasteiger partial charge in [0.05, 0.1) is 5.69 Å². The quantitative estimate of drug-likeness (QED) is 0.862. The SMILES string of the molecule is Cc1cc(C)c(NCC2CC2)c(Br)c1. The molecule has 1 N–H and O–H groups in total. The van der Waals surface area contributed by atoms with Gasteiger partial charge in [-0.15, -0.1) is 0 Å². The normalized spacial score (nSPS) is 15.6. The summed E-state index contributed by atoms with van der Waals surface area (Å²) in [5.74, 6) is 0.919. The van der Waals surface area contributed by atoms with E-state index in [-0.39, 0.29) is 0 Å². The van der Waals surface area contributed by atoms with Crippen LogP contribution in [0.15, 0.2) is 16.6 Å². The first kappa shape index (κ1) is 10.0. The van der Waals surface area contributed by atoms with Gasteiger partial charge in [-0.05, 0) is 65.7 Å². The maximum atomic E-state index is 3.61. The molecular weight excluding hydrogens is 238 g/mol. The van der Waals surface area contributed by atoms with Gasteiger partial charge in [0.1, 0.15) is 0 Å². The molecule has 1 saturated carbocycles. The van der Waals surface area contributed by atoms with Gasteiger partial charge in [0.15, 0.2) is 0 Å². The Morgan fingerprint density at radius 3 is 2.64 bits per heavy atom. The summed E-state index contributed by atoms with van der Waals surface area (Å²) in [6.45, 7) is 5.41. The van der Waals surface area contributed by atoms with E-state index in [2.05, 4.69) is 47.2 Å². The van der Waals surface area contributed by atoms with E-state index in [1.54, 1.807) is 0 Å². The fourth-order valence-corrected chi connectivity index (χ4v) is 2.52. The van der Waals surface area contributed by atoms with E-state index in [1.807, 2.05) is 0 Å². The van der Waals surface area contributed by atoms with Crippen molar-refractivity contribution in [1.29, 1.82) is 0 Å². The smallest absolute Gasteiger partial charge is 0.0514 e. The Morgan fingerprint density at radius 2 is 2.07 bits per heavy atom. The van der Waals surface area contributed by atoms with Crippen molar-refractivity contribution in [2.45, 2.75) is 26.7 Å². The van der Waals surface area contributed by atoms with E-state index in [9.17, 15) is 0 Å². The molecule has 0 unspecified atom stereocenters. The van der Waals surface area contributed by atoms with Gasteiger partial charge in [-0.1, -0.05) is 6.07 Å². The van der Waals surface area contributed by atoms with Crippen molar-refractivity contribution in [2.24, 2.45) is 5.92 Å². The maximum Gasteiger partial charge on any atom is 0.0514 e. The number of hydrogen-bond donors (Lipinski definition) is 1. The molecule has 0 aliphatic heterocycles. The Hall–Kier alpha value is -0.500. The summed E-state index contributed by atoms with van der Waals surface area (Å²) in [6, 6.07) is 4.39. The lowest BCUT2D eigenvalue weighted by atomic mass is 10.1. The summed E-state index contributed by atoms with van der Waals surface area (Å²) in [7, 11) is 0. The number of hydrogen-bond acceptors (Lipinski definition) is 1. The third-order valence-electron chi connectivity index (χ3n) is 2.70. The van der Waals surface area contributed by atoms with Gasteiger partial charge in [0.25, 0.3) is 0 Å². The molecule has 0 spiro atoms. The van der Waals surface area contributed by atoms with Crippen LogP contribution in [-0.4, -0.2) is 6.54 Å². The Morgan fingerprint density at radius 1 is 1.36 bits per heavy atom. The van der Waals surface area contributed by atoms with Crippen LogP contribution in [0.25, 0.3) is 0 Å². The Balaban J connectivity index is 2.13. The second-order valence-electron chi connectivity index (χ2n) is 4.26. The molecular formula is C12H16BrN. The van der Waals surface area contributed by atoms with Crippen molar-refractivity contribution < 1.29 is 0 Å². The minimum absolute atomic E-state index is 0.919. The lowest BCUT2D eigenvalue weighted by Crippen LogP contribution is -2.05. The molecule has 0 aromatic heterocycles. The van der Waals surface area contributed by atoms with Crippen LogP contribution in [0.3, 0.4) is 0 Å². The van der Waals surface area contributed by atoms with Gasteiger partial charge >= 0.3 is 0 Å². The minimum Gasteiger partial charge on any atom is -0.384 e. The second-order valence-corrected chi connectivity index (χ2v) is 5.12. The molecule has 1 nitrogen and oxygen atoms in total. The number of rotatable bonds is 3. The first-order valence-electron chi connectivity index (χ1n) is 5.17. The summed E-state index contributed by atoms with van der Waals surface area (Å²) < 4.78 is 1.19. The van der Waals surface area contributed by atoms with Crippen molar-refractivity contribution in [3.05, 3.63) is 27.7 Å². The summed E-state index contributed by atoms with van der Waals surface area (Å²) >= 11 is 3.61. The topological polar surface area (TPSA) is 12.0 Å². The minimum atomic E-state index is 0.919. The van der Waals surface area contributed by atoms with Crippen LogP contribution < -0.4 is 5.32 Å². The lowest BCUT2D eigenvalue weighted by molar-refractivity contribution is 0.887. The summed E-state index contributed by atoms with van der Waals surface area (Å²) in [5.41, 5.74) is 3.91. The molecule has 14 heavy (non-hydrogen) atoms. The van der Waals surface area contributed by atoms with Crippen LogP contribution in [0.1, 0.15) is 24.0 Å². The largest absolute Gasteiger partial charge is 0.384 e. The second kappa shape index (κ2) is 3.93. The van der Waals surface area contributed by atoms with Gasteiger partial charge < -0.3 is 5.32 Å². The molecule has 0 atom stereocenters. The van der Waals surface area contributed by atoms with Crippen LogP contribution in [0.4, 0.5) is 5.69 Å². The van der Waals surface area contributed by atoms with Crippen LogP contribution in [0, 0.1) is 19.8 Å². The van der Waals surface area contributed by atoms with Crippen molar-refractivity contribution in [1.82, 2.24) is 0 Å². The zero-order chi connectivity index (χ0) is 10.1. The van der Waals surface area contributed by atoms with Gasteiger partial charge in [-0.3, -0.25) is 0 Å². The van der Waals surface area contributed by atoms with Crippen molar-refractivity contribution >= 4 is 21.6 Å². The molecule has 2 rings (SSSR count). The predicted octanol–water partition coefficient (Wildman–Crippen LogP) is 3.89. The third kappa shape index (κ3) is 2.30. The highest BCUT2D eigenvalue weighted by molar-refractivity contribution is 9.10. The first-order chi connectivity index (χ1) is 6.66. The maximum absolute atomic E-state index is 3.61. The van der Waals surface area contributed by atoms with Crippen molar-refractivity contribution in [2.75, 3.05) is 11.9 Å². The van der Waals surface area contributed by atoms with E-state index >= 15 is 0 Å². The molecule has 1 aromatic rings. The fourth-order valence-electron chi connectivity index (χ4n) is 1.71. The average molecular weight is 254 g/mol. The summed E-state index contributed by atoms with van der Waals surface area (Å²) in [5, 5.41) is 3.52. The summed E-state index contributed by atoms with van der Waals surface area (Å²) in [6.07, 6.45) is 2.80. The van der Waals surface area contributed by atoms with Crippen molar-refractivity contribution in [3.63, 3.8) is 0 Å². The highest BCUT2D eigenvalue weighted by Gasteiger charge is 2.21. The molecule has 0 heterocycles. The molecule has 0 bridgehead atoms. The molecule has 1 aliphatic rings. The van der Waals surface area contributed by atoms with Crippen LogP contribution >= 0.6 is 15.9 Å². The zero-order valence-corrected chi connectivity index (χ0v) is 10.3. The predicted molar refractivity (Wildman–Crippen MR) is 64.8 cm³/mol. The molecule has 0 saturated heterocycles. The molecule has 1 fully saturated rings. The van der Waals surface area contributed by atoms with Gasteiger partial charge in [0.2, 0.25) is 0 Å². The Kier molecular flexibility index (Phi) is 2.82. The van der Waals surface area contributed by atoms with Gasteiger partial charge in [-0.25, -0.2) is 0 Å². The fraction of sp³-hybridized carbons (Fsp3) is 0.500. The standard InChI is InChI=1S/C12H16BrN/c1-8-5-9(2)12(11(13)6-8)14-7-10-3-4-10/h5-6,10,14H,3-4,7H2,1-2H3. The van der Waals surface area contributed by atoms with Gasteiger partial charge in [-0.2, -0.15) is 0 Å². The third-order valence-corrected chi connectivity index (χ3v) is 3.32. The first-order valence-corrected chi connectivity index (χ1v) is 5.96. The number of nitrogens with one attached hydrogen (secondary N) is 1. The number of halogens is 1. The lowest BCUT2D eigenvalue weighted by Gasteiger charge is -2.12. The Bertz CT molecular complexity index is 319. The summed E-state index contributed by atoms with van der Waals surface area (Å²) in [4.78, 5) is 0. The molecule has 2 heteroatoms. The zero-order valence-electron chi connectivity index (χ0n) is 8.73. The highest BCUT2D eigenvalue weighted by atomic mass is 79.9. The average Bonchev–Trinajstić information content (AvgIpc) is 2.85. The monoisotopic (exact) mass is 253 g/mol. The molecule has 76 valence electrons. The molecule has 1 aromatic carbocycles. The van der Waals surface area contributed by atoms with E-state index in [0.717, 1.165) is 12.5 Å². The van der Waals surface area contributed by atoms with Crippen LogP contribution in [0.5, 0.6) is 0 Å².